The molecule has 2 aliphatic carbocycles. The molecule has 2 fully saturated rings. The second kappa shape index (κ2) is 9.79. The van der Waals surface area contributed by atoms with Crippen LogP contribution in [0, 0.1) is 17.8 Å². The third-order valence-electron chi connectivity index (χ3n) is 9.21. The van der Waals surface area contributed by atoms with Gasteiger partial charge in [-0.3, -0.25) is 4.79 Å². The Bertz CT molecular complexity index is 1380. The Kier molecular flexibility index (Phi) is 6.00. The summed E-state index contributed by atoms with van der Waals surface area (Å²) in [7, 11) is 0. The lowest BCUT2D eigenvalue weighted by atomic mass is 9.68. The van der Waals surface area contributed by atoms with E-state index in [-0.39, 0.29) is 5.91 Å². The molecule has 38 heavy (non-hydrogen) atoms. The van der Waals surface area contributed by atoms with E-state index in [9.17, 15) is 4.79 Å². The number of benzene rings is 4. The van der Waals surface area contributed by atoms with E-state index in [1.807, 2.05) is 47.4 Å². The minimum absolute atomic E-state index is 0.102. The van der Waals surface area contributed by atoms with Crippen molar-refractivity contribution in [1.82, 2.24) is 4.90 Å². The highest BCUT2D eigenvalue weighted by Crippen LogP contribution is 2.63. The van der Waals surface area contributed by atoms with Crippen molar-refractivity contribution in [2.75, 3.05) is 5.32 Å². The van der Waals surface area contributed by atoms with E-state index in [1.165, 1.54) is 36.1 Å². The molecular formula is C35H34N2O. The Hall–Kier alpha value is -3.85. The van der Waals surface area contributed by atoms with Gasteiger partial charge in [0.1, 0.15) is 0 Å². The summed E-state index contributed by atoms with van der Waals surface area (Å²) in [5.74, 6) is 2.72. The number of hydrogen-bond acceptors (Lipinski definition) is 2. The van der Waals surface area contributed by atoms with Gasteiger partial charge in [-0.05, 0) is 83.4 Å². The lowest BCUT2D eigenvalue weighted by Crippen LogP contribution is -2.36. The molecule has 1 amide bonds. The first-order chi connectivity index (χ1) is 18.7. The van der Waals surface area contributed by atoms with Gasteiger partial charge in [0, 0.05) is 24.3 Å². The number of hydrogen-bond donors (Lipinski definition) is 1. The zero-order chi connectivity index (χ0) is 25.5. The Morgan fingerprint density at radius 3 is 2.00 bits per heavy atom. The van der Waals surface area contributed by atoms with Crippen molar-refractivity contribution in [3.05, 3.63) is 137 Å². The molecule has 0 spiro atoms. The molecule has 5 atom stereocenters. The maximum Gasteiger partial charge on any atom is 0.254 e. The zero-order valence-corrected chi connectivity index (χ0v) is 21.7. The van der Waals surface area contributed by atoms with Crippen molar-refractivity contribution in [2.45, 2.75) is 44.3 Å². The van der Waals surface area contributed by atoms with Crippen molar-refractivity contribution in [3.63, 3.8) is 0 Å². The highest BCUT2D eigenvalue weighted by molar-refractivity contribution is 5.95. The van der Waals surface area contributed by atoms with Crippen LogP contribution >= 0.6 is 0 Å². The number of fused-ring (bicyclic) bond motifs is 7. The fraction of sp³-hybridized carbons (Fsp3) is 0.286. The van der Waals surface area contributed by atoms with Crippen molar-refractivity contribution in [3.8, 4) is 0 Å². The molecule has 1 N–H and O–H groups in total. The smallest absolute Gasteiger partial charge is 0.254 e. The fourth-order valence-corrected chi connectivity index (χ4v) is 7.60. The molecule has 0 unspecified atom stereocenters. The lowest BCUT2D eigenvalue weighted by molar-refractivity contribution is 0.0729. The summed E-state index contributed by atoms with van der Waals surface area (Å²) in [6.45, 7) is 1.19. The Morgan fingerprint density at radius 1 is 0.737 bits per heavy atom. The first kappa shape index (κ1) is 23.3. The second-order valence-corrected chi connectivity index (χ2v) is 11.4. The van der Waals surface area contributed by atoms with Crippen molar-refractivity contribution in [1.29, 1.82) is 0 Å². The molecule has 7 rings (SSSR count). The highest BCUT2D eigenvalue weighted by Gasteiger charge is 2.53. The number of carbonyl (C=O) groups is 1. The molecule has 0 radical (unpaired) electrons. The quantitative estimate of drug-likeness (QED) is 0.294. The van der Waals surface area contributed by atoms with Crippen LogP contribution in [0.2, 0.25) is 0 Å². The standard InChI is InChI=1S/C35H34N2O/c38-35(37(22-24-10-4-1-5-11-24)23-25-12-6-2-7-13-25)29-18-19-31-30(21-29)32-27-16-17-28(20-27)33(32)34(36-31)26-14-8-3-9-15-26/h1-15,18-19,21,27-28,32-34,36H,16-17,20,22-23H2/t27-,28-,32-,33-,34+/m0/s1. The van der Waals surface area contributed by atoms with Gasteiger partial charge >= 0.3 is 0 Å². The lowest BCUT2D eigenvalue weighted by Gasteiger charge is -2.43. The van der Waals surface area contributed by atoms with Crippen LogP contribution in [0.4, 0.5) is 5.69 Å². The van der Waals surface area contributed by atoms with Gasteiger partial charge in [0.15, 0.2) is 0 Å². The summed E-state index contributed by atoms with van der Waals surface area (Å²) < 4.78 is 0. The molecule has 190 valence electrons. The predicted octanol–water partition coefficient (Wildman–Crippen LogP) is 7.83. The van der Waals surface area contributed by atoms with E-state index in [2.05, 4.69) is 72.0 Å². The van der Waals surface area contributed by atoms with Gasteiger partial charge in [-0.1, -0.05) is 91.0 Å². The molecule has 2 bridgehead atoms. The minimum atomic E-state index is 0.102. The van der Waals surface area contributed by atoms with E-state index in [0.717, 1.165) is 28.5 Å². The molecule has 4 aromatic rings. The Balaban J connectivity index is 1.23. The molecule has 3 aliphatic rings. The fourth-order valence-electron chi connectivity index (χ4n) is 7.60. The van der Waals surface area contributed by atoms with Crippen LogP contribution < -0.4 is 5.32 Å². The summed E-state index contributed by atoms with van der Waals surface area (Å²) in [6.07, 6.45) is 3.98. The first-order valence-electron chi connectivity index (χ1n) is 14.1. The van der Waals surface area contributed by atoms with Crippen LogP contribution in [0.5, 0.6) is 0 Å². The summed E-state index contributed by atoms with van der Waals surface area (Å²) in [5, 5.41) is 3.92. The maximum absolute atomic E-state index is 14.1. The van der Waals surface area contributed by atoms with Gasteiger partial charge in [0.2, 0.25) is 0 Å². The topological polar surface area (TPSA) is 32.3 Å². The van der Waals surface area contributed by atoms with E-state index in [1.54, 1.807) is 0 Å². The Labute approximate surface area is 225 Å². The Morgan fingerprint density at radius 2 is 1.34 bits per heavy atom. The molecule has 1 aliphatic heterocycles. The molecule has 4 aromatic carbocycles. The van der Waals surface area contributed by atoms with Crippen LogP contribution in [-0.4, -0.2) is 10.8 Å². The predicted molar refractivity (Wildman–Crippen MR) is 153 cm³/mol. The molecule has 2 saturated carbocycles. The SMILES string of the molecule is O=C(c1ccc2c(c1)[C@@H]1[C@H]3CC[C@@H](C3)[C@@H]1[C@@H](c1ccccc1)N2)N(Cc1ccccc1)Cc1ccccc1. The average molecular weight is 499 g/mol. The van der Waals surface area contributed by atoms with E-state index >= 15 is 0 Å². The maximum atomic E-state index is 14.1. The molecule has 3 nitrogen and oxygen atoms in total. The normalized spacial score (nSPS) is 24.8. The van der Waals surface area contributed by atoms with E-state index < -0.39 is 0 Å². The van der Waals surface area contributed by atoms with Gasteiger partial charge in [-0.2, -0.15) is 0 Å². The van der Waals surface area contributed by atoms with Gasteiger partial charge in [-0.25, -0.2) is 0 Å². The molecule has 3 heteroatoms. The number of nitrogens with zero attached hydrogens (tertiary/aromatic N) is 1. The second-order valence-electron chi connectivity index (χ2n) is 11.4. The molecule has 0 saturated heterocycles. The first-order valence-corrected chi connectivity index (χ1v) is 14.1. The average Bonchev–Trinajstić information content (AvgIpc) is 3.61. The molecule has 0 aromatic heterocycles. The van der Waals surface area contributed by atoms with Crippen LogP contribution in [0.15, 0.2) is 109 Å². The van der Waals surface area contributed by atoms with Gasteiger partial charge in [-0.15, -0.1) is 0 Å². The summed E-state index contributed by atoms with van der Waals surface area (Å²) in [6, 6.07) is 38.4. The minimum Gasteiger partial charge on any atom is -0.378 e. The van der Waals surface area contributed by atoms with Crippen LogP contribution in [0.25, 0.3) is 0 Å². The number of anilines is 1. The van der Waals surface area contributed by atoms with Crippen LogP contribution in [-0.2, 0) is 13.1 Å². The summed E-state index contributed by atoms with van der Waals surface area (Å²) >= 11 is 0. The monoisotopic (exact) mass is 498 g/mol. The summed E-state index contributed by atoms with van der Waals surface area (Å²) in [4.78, 5) is 16.1. The van der Waals surface area contributed by atoms with E-state index in [4.69, 9.17) is 0 Å². The highest BCUT2D eigenvalue weighted by atomic mass is 16.2. The zero-order valence-electron chi connectivity index (χ0n) is 21.7. The third kappa shape index (κ3) is 4.20. The number of carbonyl (C=O) groups excluding carboxylic acids is 1. The largest absolute Gasteiger partial charge is 0.378 e. The van der Waals surface area contributed by atoms with Gasteiger partial charge in [0.25, 0.3) is 5.91 Å². The van der Waals surface area contributed by atoms with Gasteiger partial charge < -0.3 is 10.2 Å². The van der Waals surface area contributed by atoms with Crippen molar-refractivity contribution in [2.24, 2.45) is 17.8 Å². The van der Waals surface area contributed by atoms with Crippen LogP contribution in [0.1, 0.15) is 63.8 Å². The summed E-state index contributed by atoms with van der Waals surface area (Å²) in [5.41, 5.74) is 7.06. The number of rotatable bonds is 6. The molecule has 1 heterocycles. The van der Waals surface area contributed by atoms with Crippen LogP contribution in [0.3, 0.4) is 0 Å². The van der Waals surface area contributed by atoms with E-state index in [0.29, 0.717) is 31.0 Å². The number of amides is 1. The third-order valence-corrected chi connectivity index (χ3v) is 9.21. The van der Waals surface area contributed by atoms with Gasteiger partial charge in [0.05, 0.1) is 6.04 Å². The number of nitrogens with one attached hydrogen (secondary N) is 1. The molecular weight excluding hydrogens is 464 g/mol. The van der Waals surface area contributed by atoms with Crippen molar-refractivity contribution >= 4 is 11.6 Å². The van der Waals surface area contributed by atoms with Crippen molar-refractivity contribution < 1.29 is 4.79 Å².